The molecule has 0 unspecified atom stereocenters. The first kappa shape index (κ1) is 19.7. The monoisotopic (exact) mass is 378 g/mol. The molecule has 3 rings (SSSR count). The Labute approximate surface area is 157 Å². The van der Waals surface area contributed by atoms with Gasteiger partial charge in [0.1, 0.15) is 6.04 Å². The second-order valence-corrected chi connectivity index (χ2v) is 7.94. The van der Waals surface area contributed by atoms with Gasteiger partial charge in [0.25, 0.3) is 0 Å². The lowest BCUT2D eigenvalue weighted by Gasteiger charge is -2.30. The van der Waals surface area contributed by atoms with Gasteiger partial charge in [-0.2, -0.15) is 13.2 Å². The third-order valence-corrected chi connectivity index (χ3v) is 5.11. The topological polar surface area (TPSA) is 32.3 Å². The number of nitrogens with zero attached hydrogens (tertiary/aromatic N) is 1. The highest BCUT2D eigenvalue weighted by Crippen LogP contribution is 2.41. The molecule has 0 bridgehead atoms. The summed E-state index contributed by atoms with van der Waals surface area (Å²) in [4.78, 5) is 12.0. The van der Waals surface area contributed by atoms with Gasteiger partial charge in [-0.25, -0.2) is 5.01 Å². The van der Waals surface area contributed by atoms with Crippen LogP contribution >= 0.6 is 0 Å². The van der Waals surface area contributed by atoms with Crippen LogP contribution in [0, 0.1) is 5.41 Å². The molecule has 0 saturated carbocycles. The zero-order chi connectivity index (χ0) is 19.8. The molecule has 1 aliphatic rings. The highest BCUT2D eigenvalue weighted by atomic mass is 19.4. The number of hydrogen-bond donors (Lipinski definition) is 1. The number of halogens is 3. The van der Waals surface area contributed by atoms with E-state index in [2.05, 4.69) is 12.3 Å². The number of amides is 1. The lowest BCUT2D eigenvalue weighted by atomic mass is 9.93. The van der Waals surface area contributed by atoms with Crippen molar-refractivity contribution in [3.05, 3.63) is 47.5 Å². The molecule has 3 nitrogen and oxygen atoms in total. The predicted octanol–water partition coefficient (Wildman–Crippen LogP) is 5.16. The fraction of sp³-hybridized carbons (Fsp3) is 0.476. The van der Waals surface area contributed by atoms with E-state index in [0.29, 0.717) is 0 Å². The quantitative estimate of drug-likeness (QED) is 0.780. The van der Waals surface area contributed by atoms with Crippen molar-refractivity contribution in [2.45, 2.75) is 52.3 Å². The van der Waals surface area contributed by atoms with E-state index in [9.17, 15) is 18.0 Å². The Morgan fingerprint density at radius 1 is 1.15 bits per heavy atom. The Kier molecular flexibility index (Phi) is 5.21. The summed E-state index contributed by atoms with van der Waals surface area (Å²) in [6, 6.07) is 8.90. The highest BCUT2D eigenvalue weighted by molar-refractivity contribution is 5.85. The van der Waals surface area contributed by atoms with Gasteiger partial charge in [-0.15, -0.1) is 0 Å². The summed E-state index contributed by atoms with van der Waals surface area (Å²) >= 11 is 0. The third kappa shape index (κ3) is 4.10. The fourth-order valence-electron chi connectivity index (χ4n) is 3.54. The molecule has 0 aromatic heterocycles. The van der Waals surface area contributed by atoms with Crippen LogP contribution in [0.25, 0.3) is 10.8 Å². The van der Waals surface area contributed by atoms with Gasteiger partial charge in [-0.05, 0) is 54.7 Å². The molecule has 1 amide bonds. The molecule has 1 fully saturated rings. The molecule has 1 N–H and O–H groups in total. The number of alkyl halides is 3. The maximum atomic E-state index is 13.9. The normalized spacial score (nSPS) is 18.7. The van der Waals surface area contributed by atoms with Gasteiger partial charge < -0.3 is 0 Å². The summed E-state index contributed by atoms with van der Waals surface area (Å²) in [5.41, 5.74) is 2.82. The first-order valence-electron chi connectivity index (χ1n) is 9.29. The van der Waals surface area contributed by atoms with Gasteiger partial charge in [-0.1, -0.05) is 43.7 Å². The second-order valence-electron chi connectivity index (χ2n) is 7.94. The van der Waals surface area contributed by atoms with E-state index in [1.807, 2.05) is 18.2 Å². The Hall–Kier alpha value is -2.08. The number of rotatable bonds is 5. The Morgan fingerprint density at radius 3 is 2.44 bits per heavy atom. The number of nitrogens with one attached hydrogen (secondary N) is 1. The van der Waals surface area contributed by atoms with Gasteiger partial charge in [-0.3, -0.25) is 10.2 Å². The molecule has 1 aliphatic heterocycles. The summed E-state index contributed by atoms with van der Waals surface area (Å²) < 4.78 is 41.7. The van der Waals surface area contributed by atoms with Crippen molar-refractivity contribution >= 4 is 16.7 Å². The smallest absolute Gasteiger partial charge is 0.287 e. The molecular formula is C21H25F3N2O. The van der Waals surface area contributed by atoms with Crippen molar-refractivity contribution < 1.29 is 18.0 Å². The van der Waals surface area contributed by atoms with Crippen molar-refractivity contribution in [2.24, 2.45) is 5.41 Å². The van der Waals surface area contributed by atoms with Gasteiger partial charge in [0.05, 0.1) is 5.41 Å². The van der Waals surface area contributed by atoms with E-state index >= 15 is 0 Å². The van der Waals surface area contributed by atoms with Crippen LogP contribution in [0.5, 0.6) is 0 Å². The number of aryl methyl sites for hydroxylation is 1. The SMILES string of the molecule is CCCCc1ccc2ccc([C@H](N3CC(C)(C)C(=O)N3)C(F)(F)F)cc2c1. The summed E-state index contributed by atoms with van der Waals surface area (Å²) in [6.45, 7) is 5.41. The van der Waals surface area contributed by atoms with Crippen LogP contribution in [0.4, 0.5) is 13.2 Å². The van der Waals surface area contributed by atoms with E-state index < -0.39 is 17.6 Å². The molecule has 6 heteroatoms. The first-order valence-corrected chi connectivity index (χ1v) is 9.29. The van der Waals surface area contributed by atoms with Crippen molar-refractivity contribution in [1.82, 2.24) is 10.4 Å². The van der Waals surface area contributed by atoms with Gasteiger partial charge in [0.15, 0.2) is 0 Å². The maximum absolute atomic E-state index is 13.9. The number of carbonyl (C=O) groups is 1. The average Bonchev–Trinajstić information content (AvgIpc) is 2.83. The number of hydrazine groups is 1. The molecule has 0 aliphatic carbocycles. The minimum Gasteiger partial charge on any atom is -0.287 e. The second kappa shape index (κ2) is 7.15. The lowest BCUT2D eigenvalue weighted by Crippen LogP contribution is -2.43. The van der Waals surface area contributed by atoms with Crippen molar-refractivity contribution in [1.29, 1.82) is 0 Å². The Balaban J connectivity index is 1.99. The number of fused-ring (bicyclic) bond motifs is 1. The number of carbonyl (C=O) groups excluding carboxylic acids is 1. The average molecular weight is 378 g/mol. The van der Waals surface area contributed by atoms with Crippen LogP contribution in [-0.2, 0) is 11.2 Å². The largest absolute Gasteiger partial charge is 0.409 e. The minimum absolute atomic E-state index is 0.00455. The summed E-state index contributed by atoms with van der Waals surface area (Å²) in [7, 11) is 0. The summed E-state index contributed by atoms with van der Waals surface area (Å²) in [5.74, 6) is -0.389. The van der Waals surface area contributed by atoms with E-state index in [0.717, 1.165) is 40.6 Å². The molecule has 0 radical (unpaired) electrons. The first-order chi connectivity index (χ1) is 12.6. The van der Waals surface area contributed by atoms with Crippen LogP contribution in [0.1, 0.15) is 50.8 Å². The molecular weight excluding hydrogens is 353 g/mol. The van der Waals surface area contributed by atoms with Crippen LogP contribution < -0.4 is 5.43 Å². The molecule has 1 saturated heterocycles. The zero-order valence-corrected chi connectivity index (χ0v) is 15.9. The van der Waals surface area contributed by atoms with Gasteiger partial charge >= 0.3 is 6.18 Å². The molecule has 146 valence electrons. The van der Waals surface area contributed by atoms with Crippen molar-refractivity contribution in [2.75, 3.05) is 6.54 Å². The van der Waals surface area contributed by atoms with Gasteiger partial charge in [0, 0.05) is 6.54 Å². The summed E-state index contributed by atoms with van der Waals surface area (Å²) in [5, 5.41) is 2.72. The zero-order valence-electron chi connectivity index (χ0n) is 15.9. The van der Waals surface area contributed by atoms with Crippen LogP contribution in [0.3, 0.4) is 0 Å². The van der Waals surface area contributed by atoms with E-state index in [1.54, 1.807) is 26.0 Å². The van der Waals surface area contributed by atoms with Crippen molar-refractivity contribution in [3.8, 4) is 0 Å². The maximum Gasteiger partial charge on any atom is 0.409 e. The molecule has 27 heavy (non-hydrogen) atoms. The van der Waals surface area contributed by atoms with Crippen LogP contribution in [-0.4, -0.2) is 23.6 Å². The van der Waals surface area contributed by atoms with E-state index in [1.165, 1.54) is 6.07 Å². The third-order valence-electron chi connectivity index (χ3n) is 5.11. The molecule has 1 atom stereocenters. The standard InChI is InChI=1S/C21H25F3N2O/c1-4-5-6-14-7-8-15-9-10-16(12-17(15)11-14)18(21(22,23)24)26-13-20(2,3)19(27)25-26/h7-12,18H,4-6,13H2,1-3H3,(H,25,27)/t18-/m0/s1. The minimum atomic E-state index is -4.50. The van der Waals surface area contributed by atoms with Crippen molar-refractivity contribution in [3.63, 3.8) is 0 Å². The Bertz CT molecular complexity index is 845. The summed E-state index contributed by atoms with van der Waals surface area (Å²) in [6.07, 6.45) is -1.47. The van der Waals surface area contributed by atoms with Crippen LogP contribution in [0.2, 0.25) is 0 Å². The fourth-order valence-corrected chi connectivity index (χ4v) is 3.54. The van der Waals surface area contributed by atoms with Crippen LogP contribution in [0.15, 0.2) is 36.4 Å². The number of benzene rings is 2. The predicted molar refractivity (Wildman–Crippen MR) is 100.0 cm³/mol. The molecule has 1 heterocycles. The highest BCUT2D eigenvalue weighted by Gasteiger charge is 2.51. The number of hydrogen-bond acceptors (Lipinski definition) is 2. The molecule has 2 aromatic carbocycles. The van der Waals surface area contributed by atoms with Gasteiger partial charge in [0.2, 0.25) is 5.91 Å². The number of unbranched alkanes of at least 4 members (excludes halogenated alkanes) is 1. The van der Waals surface area contributed by atoms with E-state index in [4.69, 9.17) is 0 Å². The van der Waals surface area contributed by atoms with E-state index in [-0.39, 0.29) is 18.0 Å². The lowest BCUT2D eigenvalue weighted by molar-refractivity contribution is -0.191. The Morgan fingerprint density at radius 2 is 1.85 bits per heavy atom. The molecule has 0 spiro atoms. The molecule has 2 aromatic rings.